The summed E-state index contributed by atoms with van der Waals surface area (Å²) in [5.74, 6) is -8.66. The number of likely N-dealkylation sites (tertiary alicyclic amines) is 1. The average molecular weight is 1480 g/mol. The lowest BCUT2D eigenvalue weighted by Gasteiger charge is -2.39. The predicted octanol–water partition coefficient (Wildman–Crippen LogP) is 5.29. The Labute approximate surface area is 593 Å². The maximum Gasteiger partial charge on any atom is 0.246 e. The minimum Gasteiger partial charge on any atom is -0.342 e. The minimum absolute atomic E-state index is 0.0574. The smallest absolute Gasteiger partial charge is 0.246 e. The van der Waals surface area contributed by atoms with Crippen molar-refractivity contribution >= 4 is 105 Å². The van der Waals surface area contributed by atoms with Crippen LogP contribution in [0.3, 0.4) is 0 Å². The number of carbonyl (C=O) groups is 12. The van der Waals surface area contributed by atoms with Crippen LogP contribution < -0.4 is 21.3 Å². The summed E-state index contributed by atoms with van der Waals surface area (Å²) in [7, 11) is 9.97. The van der Waals surface area contributed by atoms with Crippen molar-refractivity contribution in [1.29, 1.82) is 0 Å². The Kier molecular flexibility index (Phi) is 31.1. The number of amides is 12. The van der Waals surface area contributed by atoms with Gasteiger partial charge in [-0.25, -0.2) is 0 Å². The summed E-state index contributed by atoms with van der Waals surface area (Å²) < 4.78 is 0.842. The quantitative estimate of drug-likeness (QED) is 0.186. The molecule has 8 atom stereocenters. The fourth-order valence-corrected chi connectivity index (χ4v) is 13.4. The summed E-state index contributed by atoms with van der Waals surface area (Å²) in [4.78, 5) is 188. The summed E-state index contributed by atoms with van der Waals surface area (Å²) >= 11 is 8.45. The van der Waals surface area contributed by atoms with Crippen molar-refractivity contribution in [2.24, 2.45) is 23.7 Å². The van der Waals surface area contributed by atoms with Crippen LogP contribution >= 0.6 is 34.2 Å². The highest BCUT2D eigenvalue weighted by Crippen LogP contribution is 2.30. The van der Waals surface area contributed by atoms with Gasteiger partial charge in [-0.3, -0.25) is 57.5 Å². The van der Waals surface area contributed by atoms with Crippen molar-refractivity contribution in [2.45, 2.75) is 200 Å². The highest BCUT2D eigenvalue weighted by atomic mass is 127. The molecule has 0 spiro atoms. The molecule has 2 aromatic carbocycles. The monoisotopic (exact) mass is 1480 g/mol. The van der Waals surface area contributed by atoms with Crippen molar-refractivity contribution in [1.82, 2.24) is 60.5 Å². The molecule has 26 heteroatoms. The van der Waals surface area contributed by atoms with E-state index < -0.39 is 151 Å². The molecule has 3 fully saturated rings. The first-order chi connectivity index (χ1) is 45.6. The van der Waals surface area contributed by atoms with Gasteiger partial charge in [0.05, 0.1) is 26.1 Å². The Morgan fingerprint density at radius 1 is 0.577 bits per heavy atom. The molecule has 24 nitrogen and oxygen atoms in total. The molecule has 2 heterocycles. The molecule has 97 heavy (non-hydrogen) atoms. The van der Waals surface area contributed by atoms with Gasteiger partial charge in [0, 0.05) is 83.9 Å². The Hall–Kier alpha value is -6.90. The van der Waals surface area contributed by atoms with E-state index >= 15 is 19.2 Å². The van der Waals surface area contributed by atoms with Crippen LogP contribution in [-0.4, -0.2) is 240 Å². The molecule has 2 saturated heterocycles. The molecule has 2 aromatic rings. The standard InChI is InChI=1S/C71H108ClIN12O12/c1-16-46(6)62-69(96)80(11)42-60(88)78(9)43-61(89)82(13)56(39-47-24-19-17-20-25-47)67(94)79(10)41-58(86)74-52(38-49-26-23-27-51(73)36-49)63(90)75-54(37-48-28-30-50(72)31-29-48)66(93)84(15)71(7,8)70(97)76-53(34-44(2)3)65(92)83(14)57(68(95)85-32-21-18-22-33-85)40-59(87)81(12)55(35-45(4)5)64(91)77-62/h23,26-31,36,44-47,52-57,62H,16-22,24-25,32-35,37-43H2,1-15H3,(H,74,86)(H,75,90)(H,76,97)(H,77,91)/t46-,52-,53-,54-,55-,56-,57-,62-/m0/s1. The van der Waals surface area contributed by atoms with E-state index in [1.54, 1.807) is 48.2 Å². The lowest BCUT2D eigenvalue weighted by molar-refractivity contribution is -0.152. The summed E-state index contributed by atoms with van der Waals surface area (Å²) in [6, 6.07) is 5.05. The highest BCUT2D eigenvalue weighted by molar-refractivity contribution is 14.1. The summed E-state index contributed by atoms with van der Waals surface area (Å²) in [5.41, 5.74) is -0.510. The van der Waals surface area contributed by atoms with Gasteiger partial charge in [0.1, 0.15) is 47.8 Å². The number of nitrogens with zero attached hydrogens (tertiary/aromatic N) is 8. The molecule has 0 aromatic heterocycles. The van der Waals surface area contributed by atoms with Crippen molar-refractivity contribution in [2.75, 3.05) is 82.1 Å². The second-order valence-electron chi connectivity index (χ2n) is 28.4. The highest BCUT2D eigenvalue weighted by Gasteiger charge is 2.44. The van der Waals surface area contributed by atoms with Crippen LogP contribution in [0, 0.1) is 27.2 Å². The van der Waals surface area contributed by atoms with Gasteiger partial charge in [-0.1, -0.05) is 116 Å². The second kappa shape index (κ2) is 37.3. The van der Waals surface area contributed by atoms with Crippen molar-refractivity contribution in [3.05, 3.63) is 68.3 Å². The zero-order chi connectivity index (χ0) is 72.3. The third kappa shape index (κ3) is 23.1. The summed E-state index contributed by atoms with van der Waals surface area (Å²) in [5, 5.41) is 11.9. The maximum absolute atomic E-state index is 15.3. The van der Waals surface area contributed by atoms with Gasteiger partial charge in [-0.05, 0) is 134 Å². The molecule has 12 amide bonds. The molecule has 0 unspecified atom stereocenters. The summed E-state index contributed by atoms with van der Waals surface area (Å²) in [6.45, 7) is 13.3. The first-order valence-electron chi connectivity index (χ1n) is 34.3. The third-order valence-corrected chi connectivity index (χ3v) is 20.4. The molecular formula is C71H108ClIN12O12. The Balaban J connectivity index is 1.63. The van der Waals surface area contributed by atoms with Crippen LogP contribution in [0.4, 0.5) is 0 Å². The molecule has 1 saturated carbocycles. The fourth-order valence-electron chi connectivity index (χ4n) is 12.7. The number of halogens is 2. The number of piperidine rings is 1. The van der Waals surface area contributed by atoms with E-state index in [1.165, 1.54) is 92.6 Å². The van der Waals surface area contributed by atoms with Crippen LogP contribution in [0.1, 0.15) is 150 Å². The number of hydrogen-bond acceptors (Lipinski definition) is 12. The maximum atomic E-state index is 15.3. The fraction of sp³-hybridized carbons (Fsp3) is 0.662. The van der Waals surface area contributed by atoms with Crippen molar-refractivity contribution in [3.8, 4) is 0 Å². The van der Waals surface area contributed by atoms with Crippen molar-refractivity contribution in [3.63, 3.8) is 0 Å². The van der Waals surface area contributed by atoms with E-state index in [0.717, 1.165) is 47.0 Å². The van der Waals surface area contributed by atoms with Gasteiger partial charge >= 0.3 is 0 Å². The lowest BCUT2D eigenvalue weighted by atomic mass is 9.84. The Morgan fingerprint density at radius 2 is 1.15 bits per heavy atom. The first kappa shape index (κ1) is 80.8. The molecule has 538 valence electrons. The van der Waals surface area contributed by atoms with E-state index in [1.807, 2.05) is 46.8 Å². The SMILES string of the molecule is CC[C@H](C)[C@@H]1NC(=O)[C@H](CC(C)C)N(C)C(=O)C[C@@H](C(=O)N2CCCCC2)N(C)C(=O)[C@H](CC(C)C)NC(=O)C(C)(C)N(C)C(=O)[C@H](Cc2ccc(Cl)cc2)NC(=O)[C@H](Cc2cccc(I)c2)NC(=O)CN(C)C(=O)[C@H](CC2CCCCC2)N(C)C(=O)CN(C)C(=O)CN(C)C1=O. The van der Waals surface area contributed by atoms with Gasteiger partial charge in [0.25, 0.3) is 0 Å². The van der Waals surface area contributed by atoms with Crippen LogP contribution in [0.2, 0.25) is 5.02 Å². The molecule has 1 aliphatic carbocycles. The number of carbonyl (C=O) groups excluding carboxylic acids is 12. The molecule has 3 aliphatic rings. The molecule has 0 radical (unpaired) electrons. The molecule has 5 rings (SSSR count). The number of benzene rings is 2. The normalized spacial score (nSPS) is 24.7. The van der Waals surface area contributed by atoms with Crippen LogP contribution in [0.25, 0.3) is 0 Å². The van der Waals surface area contributed by atoms with E-state index in [4.69, 9.17) is 11.6 Å². The van der Waals surface area contributed by atoms with E-state index in [9.17, 15) is 38.4 Å². The zero-order valence-corrected chi connectivity index (χ0v) is 62.8. The average Bonchev–Trinajstić information content (AvgIpc) is 0.820. The first-order valence-corrected chi connectivity index (χ1v) is 35.8. The van der Waals surface area contributed by atoms with Crippen LogP contribution in [0.15, 0.2) is 48.5 Å². The van der Waals surface area contributed by atoms with Gasteiger partial charge in [-0.2, -0.15) is 0 Å². The lowest BCUT2D eigenvalue weighted by Crippen LogP contribution is -2.64. The minimum atomic E-state index is -1.75. The van der Waals surface area contributed by atoms with Crippen LogP contribution in [-0.2, 0) is 70.4 Å². The second-order valence-corrected chi connectivity index (χ2v) is 30.1. The topological polar surface area (TPSA) is 279 Å². The number of rotatable bonds is 13. The molecular weight excluding hydrogens is 1380 g/mol. The predicted molar refractivity (Wildman–Crippen MR) is 380 cm³/mol. The largest absolute Gasteiger partial charge is 0.342 e. The Bertz CT molecular complexity index is 3100. The summed E-state index contributed by atoms with van der Waals surface area (Å²) in [6.07, 6.45) is 6.95. The molecule has 2 aliphatic heterocycles. The zero-order valence-electron chi connectivity index (χ0n) is 59.8. The van der Waals surface area contributed by atoms with Crippen LogP contribution in [0.5, 0.6) is 0 Å². The third-order valence-electron chi connectivity index (χ3n) is 19.5. The van der Waals surface area contributed by atoms with E-state index in [-0.39, 0.29) is 49.9 Å². The van der Waals surface area contributed by atoms with Crippen molar-refractivity contribution < 1.29 is 57.5 Å². The molecule has 0 bridgehead atoms. The van der Waals surface area contributed by atoms with Gasteiger partial charge in [-0.15, -0.1) is 0 Å². The van der Waals surface area contributed by atoms with E-state index in [0.29, 0.717) is 48.5 Å². The Morgan fingerprint density at radius 3 is 1.75 bits per heavy atom. The number of likely N-dealkylation sites (N-methyl/N-ethyl adjacent to an activating group) is 7. The van der Waals surface area contributed by atoms with E-state index in [2.05, 4.69) is 43.9 Å². The number of hydrogen-bond donors (Lipinski definition) is 4. The van der Waals surface area contributed by atoms with Gasteiger partial charge < -0.3 is 60.5 Å². The van der Waals surface area contributed by atoms with Gasteiger partial charge in [0.15, 0.2) is 0 Å². The molecule has 4 N–H and O–H groups in total. The number of nitrogens with one attached hydrogen (secondary N) is 4. The van der Waals surface area contributed by atoms with Gasteiger partial charge in [0.2, 0.25) is 70.9 Å².